The molecule has 16 heavy (non-hydrogen) atoms. The molecule has 4 nitrogen and oxygen atoms in total. The van der Waals surface area contributed by atoms with Crippen LogP contribution in [0.1, 0.15) is 18.4 Å². The van der Waals surface area contributed by atoms with E-state index in [9.17, 15) is 0 Å². The molecule has 0 saturated carbocycles. The molecule has 1 aromatic heterocycles. The van der Waals surface area contributed by atoms with Gasteiger partial charge in [-0.3, -0.25) is 0 Å². The maximum absolute atomic E-state index is 8.64. The Kier molecular flexibility index (Phi) is 3.73. The number of ether oxygens (including phenoxy) is 1. The number of hydrogen-bond acceptors (Lipinski definition) is 4. The van der Waals surface area contributed by atoms with E-state index in [-0.39, 0.29) is 0 Å². The van der Waals surface area contributed by atoms with Crippen LogP contribution in [-0.4, -0.2) is 24.7 Å². The Labute approximate surface area is 95.3 Å². The number of aromatic nitrogens is 1. The van der Waals surface area contributed by atoms with E-state index in [0.29, 0.717) is 11.5 Å². The van der Waals surface area contributed by atoms with Gasteiger partial charge in [0.25, 0.3) is 0 Å². The third kappa shape index (κ3) is 2.94. The number of anilines is 1. The van der Waals surface area contributed by atoms with Crippen molar-refractivity contribution in [1.82, 2.24) is 4.98 Å². The summed E-state index contributed by atoms with van der Waals surface area (Å²) < 4.78 is 5.40. The fourth-order valence-electron chi connectivity index (χ4n) is 1.78. The topological polar surface area (TPSA) is 57.9 Å². The highest BCUT2D eigenvalue weighted by Gasteiger charge is 2.13. The van der Waals surface area contributed by atoms with Crippen LogP contribution in [0.5, 0.6) is 0 Å². The van der Waals surface area contributed by atoms with E-state index in [1.807, 2.05) is 12.1 Å². The lowest BCUT2D eigenvalue weighted by Crippen LogP contribution is -2.24. The van der Waals surface area contributed by atoms with Gasteiger partial charge in [-0.25, -0.2) is 4.98 Å². The molecule has 1 fully saturated rings. The van der Waals surface area contributed by atoms with E-state index in [4.69, 9.17) is 10.00 Å². The number of nitrogens with one attached hydrogen (secondary N) is 1. The second-order valence-corrected chi connectivity index (χ2v) is 4.01. The molecule has 0 bridgehead atoms. The zero-order chi connectivity index (χ0) is 11.2. The number of hydrogen-bond donors (Lipinski definition) is 1. The Morgan fingerprint density at radius 3 is 3.12 bits per heavy atom. The average Bonchev–Trinajstić information content (AvgIpc) is 2.38. The molecular formula is C12H15N3O. The molecule has 0 radical (unpaired) electrons. The van der Waals surface area contributed by atoms with Crippen molar-refractivity contribution in [1.29, 1.82) is 5.26 Å². The molecule has 1 saturated heterocycles. The van der Waals surface area contributed by atoms with Gasteiger partial charge < -0.3 is 10.1 Å². The predicted octanol–water partition coefficient (Wildman–Crippen LogP) is 1.79. The Morgan fingerprint density at radius 2 is 2.50 bits per heavy atom. The lowest BCUT2D eigenvalue weighted by Gasteiger charge is -2.22. The monoisotopic (exact) mass is 217 g/mol. The van der Waals surface area contributed by atoms with Crippen LogP contribution in [0.3, 0.4) is 0 Å². The predicted molar refractivity (Wildman–Crippen MR) is 61.0 cm³/mol. The molecular weight excluding hydrogens is 202 g/mol. The zero-order valence-corrected chi connectivity index (χ0v) is 9.15. The molecule has 1 N–H and O–H groups in total. The van der Waals surface area contributed by atoms with Crippen LogP contribution in [0.4, 0.5) is 5.82 Å². The molecule has 0 amide bonds. The van der Waals surface area contributed by atoms with Gasteiger partial charge >= 0.3 is 0 Å². The first-order chi connectivity index (χ1) is 7.88. The highest BCUT2D eigenvalue weighted by Crippen LogP contribution is 2.14. The molecule has 1 atom stereocenters. The van der Waals surface area contributed by atoms with Crippen molar-refractivity contribution in [3.8, 4) is 6.07 Å². The first kappa shape index (κ1) is 10.9. The van der Waals surface area contributed by atoms with E-state index in [1.54, 1.807) is 12.3 Å². The quantitative estimate of drug-likeness (QED) is 0.838. The van der Waals surface area contributed by atoms with Crippen molar-refractivity contribution in [2.24, 2.45) is 5.92 Å². The molecule has 0 aromatic carbocycles. The van der Waals surface area contributed by atoms with Crippen LogP contribution >= 0.6 is 0 Å². The SMILES string of the molecule is N#Cc1ccc(NCC2CCCOC2)nc1. The van der Waals surface area contributed by atoms with Crippen LogP contribution in [0, 0.1) is 17.2 Å². The normalized spacial score (nSPS) is 20.1. The summed E-state index contributed by atoms with van der Waals surface area (Å²) in [4.78, 5) is 4.16. The van der Waals surface area contributed by atoms with Crippen LogP contribution in [0.15, 0.2) is 18.3 Å². The summed E-state index contributed by atoms with van der Waals surface area (Å²) in [5.74, 6) is 1.40. The molecule has 4 heteroatoms. The van der Waals surface area contributed by atoms with Crippen LogP contribution in [-0.2, 0) is 4.74 Å². The van der Waals surface area contributed by atoms with Gasteiger partial charge in [-0.05, 0) is 30.9 Å². The first-order valence-electron chi connectivity index (χ1n) is 5.56. The number of nitrogens with zero attached hydrogens (tertiary/aromatic N) is 2. The highest BCUT2D eigenvalue weighted by molar-refractivity contribution is 5.38. The van der Waals surface area contributed by atoms with Crippen LogP contribution < -0.4 is 5.32 Å². The van der Waals surface area contributed by atoms with Gasteiger partial charge in [0, 0.05) is 19.3 Å². The third-order valence-electron chi connectivity index (χ3n) is 2.72. The first-order valence-corrected chi connectivity index (χ1v) is 5.56. The van der Waals surface area contributed by atoms with E-state index in [0.717, 1.165) is 32.0 Å². The molecule has 0 spiro atoms. The van der Waals surface area contributed by atoms with Gasteiger partial charge in [0.05, 0.1) is 12.2 Å². The largest absolute Gasteiger partial charge is 0.381 e. The van der Waals surface area contributed by atoms with Gasteiger partial charge in [0.1, 0.15) is 11.9 Å². The molecule has 84 valence electrons. The number of pyridine rings is 1. The lowest BCUT2D eigenvalue weighted by atomic mass is 10.0. The summed E-state index contributed by atoms with van der Waals surface area (Å²) in [5.41, 5.74) is 0.589. The van der Waals surface area contributed by atoms with E-state index < -0.39 is 0 Å². The maximum Gasteiger partial charge on any atom is 0.125 e. The molecule has 2 heterocycles. The Morgan fingerprint density at radius 1 is 1.56 bits per heavy atom. The van der Waals surface area contributed by atoms with Gasteiger partial charge in [0.15, 0.2) is 0 Å². The minimum Gasteiger partial charge on any atom is -0.381 e. The van der Waals surface area contributed by atoms with Crippen molar-refractivity contribution >= 4 is 5.82 Å². The zero-order valence-electron chi connectivity index (χ0n) is 9.15. The summed E-state index contributed by atoms with van der Waals surface area (Å²) in [6, 6.07) is 5.66. The standard InChI is InChI=1S/C12H15N3O/c13-6-10-3-4-12(14-7-10)15-8-11-2-1-5-16-9-11/h3-4,7,11H,1-2,5,8-9H2,(H,14,15). The van der Waals surface area contributed by atoms with Crippen molar-refractivity contribution < 1.29 is 4.74 Å². The van der Waals surface area contributed by atoms with Gasteiger partial charge in [-0.2, -0.15) is 5.26 Å². The number of nitriles is 1. The molecule has 0 aliphatic carbocycles. The van der Waals surface area contributed by atoms with E-state index >= 15 is 0 Å². The maximum atomic E-state index is 8.64. The molecule has 1 aliphatic heterocycles. The van der Waals surface area contributed by atoms with Crippen molar-refractivity contribution in [2.45, 2.75) is 12.8 Å². The smallest absolute Gasteiger partial charge is 0.125 e. The minimum atomic E-state index is 0.575. The van der Waals surface area contributed by atoms with Gasteiger partial charge in [-0.1, -0.05) is 0 Å². The van der Waals surface area contributed by atoms with Crippen molar-refractivity contribution in [2.75, 3.05) is 25.1 Å². The van der Waals surface area contributed by atoms with Gasteiger partial charge in [-0.15, -0.1) is 0 Å². The van der Waals surface area contributed by atoms with Gasteiger partial charge in [0.2, 0.25) is 0 Å². The van der Waals surface area contributed by atoms with Crippen LogP contribution in [0.2, 0.25) is 0 Å². The second-order valence-electron chi connectivity index (χ2n) is 4.01. The molecule has 1 aliphatic rings. The summed E-state index contributed by atoms with van der Waals surface area (Å²) in [7, 11) is 0. The average molecular weight is 217 g/mol. The second kappa shape index (κ2) is 5.47. The summed E-state index contributed by atoms with van der Waals surface area (Å²) in [6.45, 7) is 2.62. The fourth-order valence-corrected chi connectivity index (χ4v) is 1.78. The van der Waals surface area contributed by atoms with Crippen LogP contribution in [0.25, 0.3) is 0 Å². The van der Waals surface area contributed by atoms with E-state index in [2.05, 4.69) is 10.3 Å². The Bertz CT molecular complexity index is 363. The summed E-state index contributed by atoms with van der Waals surface area (Å²) in [6.07, 6.45) is 3.94. The number of rotatable bonds is 3. The summed E-state index contributed by atoms with van der Waals surface area (Å²) in [5, 5.41) is 11.9. The lowest BCUT2D eigenvalue weighted by molar-refractivity contribution is 0.0595. The summed E-state index contributed by atoms with van der Waals surface area (Å²) >= 11 is 0. The van der Waals surface area contributed by atoms with E-state index in [1.165, 1.54) is 6.42 Å². The Balaban J connectivity index is 1.82. The Hall–Kier alpha value is -1.60. The third-order valence-corrected chi connectivity index (χ3v) is 2.72. The molecule has 2 rings (SSSR count). The fraction of sp³-hybridized carbons (Fsp3) is 0.500. The highest BCUT2D eigenvalue weighted by atomic mass is 16.5. The molecule has 1 aromatic rings. The van der Waals surface area contributed by atoms with Crippen molar-refractivity contribution in [3.63, 3.8) is 0 Å². The molecule has 1 unspecified atom stereocenters. The van der Waals surface area contributed by atoms with Crippen molar-refractivity contribution in [3.05, 3.63) is 23.9 Å². The minimum absolute atomic E-state index is 0.575.